The van der Waals surface area contributed by atoms with Gasteiger partial charge in [-0.25, -0.2) is 4.79 Å². The van der Waals surface area contributed by atoms with Gasteiger partial charge >= 0.3 is 5.97 Å². The van der Waals surface area contributed by atoms with Crippen molar-refractivity contribution < 1.29 is 19.1 Å². The van der Waals surface area contributed by atoms with E-state index in [0.717, 1.165) is 22.5 Å². The first kappa shape index (κ1) is 20.6. The van der Waals surface area contributed by atoms with Gasteiger partial charge in [-0.05, 0) is 43.5 Å². The Morgan fingerprint density at radius 3 is 2.30 bits per heavy atom. The summed E-state index contributed by atoms with van der Waals surface area (Å²) in [6.45, 7) is 9.08. The quantitative estimate of drug-likeness (QED) is 0.748. The number of aryl methyl sites for hydroxylation is 1. The van der Waals surface area contributed by atoms with Crippen molar-refractivity contribution in [2.75, 3.05) is 17.7 Å². The Morgan fingerprint density at radius 1 is 1.04 bits per heavy atom. The zero-order chi connectivity index (χ0) is 20.3. The summed E-state index contributed by atoms with van der Waals surface area (Å²) in [5.41, 5.74) is 3.44. The number of thiophene rings is 1. The van der Waals surface area contributed by atoms with E-state index in [1.165, 1.54) is 7.11 Å². The summed E-state index contributed by atoms with van der Waals surface area (Å²) >= 11 is 1.07. The van der Waals surface area contributed by atoms with Crippen LogP contribution in [0.3, 0.4) is 0 Å². The molecule has 27 heavy (non-hydrogen) atoms. The average molecular weight is 388 g/mol. The lowest BCUT2D eigenvalue weighted by molar-refractivity contribution is -0.118. The topological polar surface area (TPSA) is 84.5 Å². The van der Waals surface area contributed by atoms with Crippen molar-refractivity contribution in [3.8, 4) is 0 Å². The molecule has 2 N–H and O–H groups in total. The number of ether oxygens (including phenoxy) is 1. The minimum absolute atomic E-state index is 0.211. The molecule has 0 aliphatic heterocycles. The zero-order valence-electron chi connectivity index (χ0n) is 16.4. The Hall–Kier alpha value is -2.67. The largest absolute Gasteiger partial charge is 0.465 e. The predicted octanol–water partition coefficient (Wildman–Crippen LogP) is 4.31. The molecule has 0 atom stereocenters. The number of rotatable bonds is 5. The second-order valence-electron chi connectivity index (χ2n) is 6.60. The van der Waals surface area contributed by atoms with Gasteiger partial charge in [-0.2, -0.15) is 0 Å². The molecule has 2 amide bonds. The second-order valence-corrected chi connectivity index (χ2v) is 7.62. The van der Waals surface area contributed by atoms with Crippen LogP contribution in [0, 0.1) is 26.7 Å². The molecule has 0 saturated heterocycles. The molecule has 1 aromatic carbocycles. The van der Waals surface area contributed by atoms with Crippen LogP contribution >= 0.6 is 11.3 Å². The SMILES string of the molecule is COC(=O)c1c(NC(=O)C(C)C)sc(C(=O)Nc2cccc(C)c2C)c1C. The highest BCUT2D eigenvalue weighted by molar-refractivity contribution is 7.18. The molecule has 0 aliphatic carbocycles. The van der Waals surface area contributed by atoms with E-state index in [1.54, 1.807) is 20.8 Å². The highest BCUT2D eigenvalue weighted by Crippen LogP contribution is 2.34. The summed E-state index contributed by atoms with van der Waals surface area (Å²) < 4.78 is 4.83. The Balaban J connectivity index is 2.42. The van der Waals surface area contributed by atoms with Gasteiger partial charge in [0.2, 0.25) is 5.91 Å². The number of carbonyl (C=O) groups is 3. The van der Waals surface area contributed by atoms with Gasteiger partial charge < -0.3 is 15.4 Å². The Bertz CT molecular complexity index is 900. The van der Waals surface area contributed by atoms with Crippen LogP contribution in [-0.2, 0) is 9.53 Å². The zero-order valence-corrected chi connectivity index (χ0v) is 17.2. The third-order valence-corrected chi connectivity index (χ3v) is 5.56. The van der Waals surface area contributed by atoms with Gasteiger partial charge in [0.25, 0.3) is 5.91 Å². The fourth-order valence-electron chi connectivity index (χ4n) is 2.49. The molecule has 2 aromatic rings. The summed E-state index contributed by atoms with van der Waals surface area (Å²) in [7, 11) is 1.27. The maximum atomic E-state index is 12.8. The van der Waals surface area contributed by atoms with Crippen molar-refractivity contribution in [3.63, 3.8) is 0 Å². The van der Waals surface area contributed by atoms with E-state index in [4.69, 9.17) is 4.74 Å². The highest BCUT2D eigenvalue weighted by Gasteiger charge is 2.27. The van der Waals surface area contributed by atoms with E-state index in [1.807, 2.05) is 32.0 Å². The first-order valence-corrected chi connectivity index (χ1v) is 9.39. The fourth-order valence-corrected chi connectivity index (χ4v) is 3.58. The van der Waals surface area contributed by atoms with Gasteiger partial charge in [0.05, 0.1) is 17.6 Å². The van der Waals surface area contributed by atoms with Crippen molar-refractivity contribution >= 4 is 39.8 Å². The van der Waals surface area contributed by atoms with Crippen LogP contribution < -0.4 is 10.6 Å². The molecule has 6 nitrogen and oxygen atoms in total. The summed E-state index contributed by atoms with van der Waals surface area (Å²) in [4.78, 5) is 37.5. The number of hydrogen-bond donors (Lipinski definition) is 2. The van der Waals surface area contributed by atoms with Crippen LogP contribution in [0.1, 0.15) is 50.6 Å². The van der Waals surface area contributed by atoms with Crippen LogP contribution in [0.25, 0.3) is 0 Å². The number of benzene rings is 1. The van der Waals surface area contributed by atoms with E-state index >= 15 is 0 Å². The molecule has 1 heterocycles. The molecule has 0 unspecified atom stereocenters. The monoisotopic (exact) mass is 388 g/mol. The van der Waals surface area contributed by atoms with Crippen LogP contribution in [0.15, 0.2) is 18.2 Å². The van der Waals surface area contributed by atoms with Crippen molar-refractivity contribution in [2.24, 2.45) is 5.92 Å². The molecular weight excluding hydrogens is 364 g/mol. The van der Waals surface area contributed by atoms with Crippen LogP contribution in [0.2, 0.25) is 0 Å². The first-order chi connectivity index (χ1) is 12.7. The van der Waals surface area contributed by atoms with Crippen molar-refractivity contribution in [1.82, 2.24) is 0 Å². The fraction of sp³-hybridized carbons (Fsp3) is 0.350. The van der Waals surface area contributed by atoms with E-state index < -0.39 is 5.97 Å². The smallest absolute Gasteiger partial charge is 0.341 e. The maximum absolute atomic E-state index is 12.8. The van der Waals surface area contributed by atoms with E-state index in [0.29, 0.717) is 21.1 Å². The average Bonchev–Trinajstić information content (AvgIpc) is 2.94. The van der Waals surface area contributed by atoms with Crippen molar-refractivity contribution in [3.05, 3.63) is 45.3 Å². The molecule has 0 aliphatic rings. The molecule has 0 spiro atoms. The number of carbonyl (C=O) groups excluding carboxylic acids is 3. The number of hydrogen-bond acceptors (Lipinski definition) is 5. The molecule has 0 saturated carbocycles. The molecule has 1 aromatic heterocycles. The van der Waals surface area contributed by atoms with Gasteiger partial charge in [0, 0.05) is 11.6 Å². The van der Waals surface area contributed by atoms with Crippen LogP contribution in [0.5, 0.6) is 0 Å². The lowest BCUT2D eigenvalue weighted by Gasteiger charge is -2.10. The standard InChI is InChI=1S/C20H24N2O4S/c1-10(2)17(23)22-19-15(20(25)26-6)13(5)16(27-19)18(24)21-14-9-7-8-11(3)12(14)4/h7-10H,1-6H3,(H,21,24)(H,22,23). The summed E-state index contributed by atoms with van der Waals surface area (Å²) in [5, 5.41) is 5.94. The highest BCUT2D eigenvalue weighted by atomic mass is 32.1. The van der Waals surface area contributed by atoms with Gasteiger partial charge in [-0.15, -0.1) is 11.3 Å². The molecular formula is C20H24N2O4S. The molecule has 0 fully saturated rings. The van der Waals surface area contributed by atoms with E-state index in [9.17, 15) is 14.4 Å². The van der Waals surface area contributed by atoms with Crippen molar-refractivity contribution in [2.45, 2.75) is 34.6 Å². The van der Waals surface area contributed by atoms with Crippen LogP contribution in [0.4, 0.5) is 10.7 Å². The Morgan fingerprint density at radius 2 is 1.70 bits per heavy atom. The molecule has 144 valence electrons. The number of anilines is 2. The molecule has 0 radical (unpaired) electrons. The van der Waals surface area contributed by atoms with Gasteiger partial charge in [-0.3, -0.25) is 9.59 Å². The summed E-state index contributed by atoms with van der Waals surface area (Å²) in [6, 6.07) is 5.66. The maximum Gasteiger partial charge on any atom is 0.341 e. The minimum Gasteiger partial charge on any atom is -0.465 e. The molecule has 0 bridgehead atoms. The van der Waals surface area contributed by atoms with Crippen LogP contribution in [-0.4, -0.2) is 24.9 Å². The third-order valence-electron chi connectivity index (χ3n) is 4.36. The lowest BCUT2D eigenvalue weighted by Crippen LogP contribution is -2.19. The van der Waals surface area contributed by atoms with Gasteiger partial charge in [0.15, 0.2) is 0 Å². The third kappa shape index (κ3) is 4.36. The van der Waals surface area contributed by atoms with E-state index in [-0.39, 0.29) is 23.3 Å². The molecule has 7 heteroatoms. The van der Waals surface area contributed by atoms with E-state index in [2.05, 4.69) is 10.6 Å². The minimum atomic E-state index is -0.589. The number of esters is 1. The normalized spacial score (nSPS) is 10.6. The second kappa shape index (κ2) is 8.35. The number of nitrogens with one attached hydrogen (secondary N) is 2. The van der Waals surface area contributed by atoms with Gasteiger partial charge in [0.1, 0.15) is 5.00 Å². The Kier molecular flexibility index (Phi) is 6.38. The predicted molar refractivity (Wildman–Crippen MR) is 108 cm³/mol. The number of amides is 2. The van der Waals surface area contributed by atoms with Crippen molar-refractivity contribution in [1.29, 1.82) is 0 Å². The molecule has 2 rings (SSSR count). The number of methoxy groups -OCH3 is 1. The summed E-state index contributed by atoms with van der Waals surface area (Å²) in [5.74, 6) is -1.41. The summed E-state index contributed by atoms with van der Waals surface area (Å²) in [6.07, 6.45) is 0. The van der Waals surface area contributed by atoms with Gasteiger partial charge in [-0.1, -0.05) is 26.0 Å². The lowest BCUT2D eigenvalue weighted by atomic mass is 10.1. The Labute approximate surface area is 162 Å². The first-order valence-electron chi connectivity index (χ1n) is 8.57.